The molecule has 1 rings (SSSR count). The van der Waals surface area contributed by atoms with Crippen LogP contribution >= 0.6 is 0 Å². The molecule has 1 aromatic carbocycles. The summed E-state index contributed by atoms with van der Waals surface area (Å²) in [6.07, 6.45) is 1.43. The third-order valence-electron chi connectivity index (χ3n) is 2.31. The first-order chi connectivity index (χ1) is 9.29. The number of rotatable bonds is 7. The first kappa shape index (κ1) is 16.5. The van der Waals surface area contributed by atoms with Gasteiger partial charge in [0.2, 0.25) is 10.0 Å². The zero-order valence-corrected chi connectivity index (χ0v) is 12.2. The Kier molecular flexibility index (Phi) is 5.56. The molecule has 0 aliphatic heterocycles. The molecular weight excluding hydrogens is 308 g/mol. The Hall–Kier alpha value is -1.56. The van der Waals surface area contributed by atoms with E-state index in [2.05, 4.69) is 10.1 Å². The van der Waals surface area contributed by atoms with Crippen LogP contribution in [0.25, 0.3) is 0 Å². The standard InChI is InChI=1S/C9H14N4O5S2/c1-19(16)6-5-11-20(17,18)8-4-2-3-7(12-10)9(8)13(14)15/h2-4,11-12H,5-6,10H2,1H3. The Balaban J connectivity index is 3.18. The summed E-state index contributed by atoms with van der Waals surface area (Å²) < 4.78 is 37.1. The SMILES string of the molecule is CS(=O)CCNS(=O)(=O)c1cccc(NN)c1[N+](=O)[O-]. The molecular formula is C9H14N4O5S2. The fourth-order valence-corrected chi connectivity index (χ4v) is 3.18. The molecule has 9 nitrogen and oxygen atoms in total. The van der Waals surface area contributed by atoms with Gasteiger partial charge in [0.25, 0.3) is 0 Å². The van der Waals surface area contributed by atoms with Gasteiger partial charge >= 0.3 is 5.69 Å². The van der Waals surface area contributed by atoms with Gasteiger partial charge in [-0.25, -0.2) is 13.1 Å². The van der Waals surface area contributed by atoms with Crippen molar-refractivity contribution in [1.82, 2.24) is 4.72 Å². The number of sulfonamides is 1. The molecule has 20 heavy (non-hydrogen) atoms. The van der Waals surface area contributed by atoms with Crippen molar-refractivity contribution < 1.29 is 17.6 Å². The Morgan fingerprint density at radius 3 is 2.60 bits per heavy atom. The molecule has 0 saturated heterocycles. The monoisotopic (exact) mass is 322 g/mol. The second-order valence-corrected chi connectivity index (χ2v) is 7.02. The first-order valence-electron chi connectivity index (χ1n) is 5.33. The lowest BCUT2D eigenvalue weighted by Crippen LogP contribution is -2.28. The van der Waals surface area contributed by atoms with E-state index < -0.39 is 36.3 Å². The fourth-order valence-electron chi connectivity index (χ4n) is 1.44. The van der Waals surface area contributed by atoms with Crippen molar-refractivity contribution >= 4 is 32.2 Å². The summed E-state index contributed by atoms with van der Waals surface area (Å²) in [5.74, 6) is 5.24. The third kappa shape index (κ3) is 3.96. The van der Waals surface area contributed by atoms with Crippen molar-refractivity contribution in [2.75, 3.05) is 24.0 Å². The number of nitrogens with two attached hydrogens (primary N) is 1. The van der Waals surface area contributed by atoms with E-state index >= 15 is 0 Å². The second-order valence-electron chi connectivity index (χ2n) is 3.73. The number of nitrogen functional groups attached to an aromatic ring is 1. The number of para-hydroxylation sites is 1. The quantitative estimate of drug-likeness (QED) is 0.350. The van der Waals surface area contributed by atoms with Gasteiger partial charge in [0.15, 0.2) is 4.90 Å². The number of nitro groups is 1. The maximum absolute atomic E-state index is 12.0. The van der Waals surface area contributed by atoms with Gasteiger partial charge in [0.05, 0.1) is 4.92 Å². The molecule has 11 heteroatoms. The molecule has 1 atom stereocenters. The molecule has 1 unspecified atom stereocenters. The Bertz CT molecular complexity index is 631. The zero-order chi connectivity index (χ0) is 15.3. The number of hydrogen-bond donors (Lipinski definition) is 3. The number of nitro benzene ring substituents is 1. The van der Waals surface area contributed by atoms with Crippen molar-refractivity contribution in [3.63, 3.8) is 0 Å². The predicted molar refractivity (Wildman–Crippen MR) is 75.0 cm³/mol. The summed E-state index contributed by atoms with van der Waals surface area (Å²) in [6.45, 7) is -0.0805. The lowest BCUT2D eigenvalue weighted by atomic mass is 10.3. The molecule has 0 spiro atoms. The predicted octanol–water partition coefficient (Wildman–Crippen LogP) is -0.463. The highest BCUT2D eigenvalue weighted by molar-refractivity contribution is 7.89. The summed E-state index contributed by atoms with van der Waals surface area (Å²) in [6, 6.07) is 3.72. The Morgan fingerprint density at radius 2 is 2.10 bits per heavy atom. The molecule has 112 valence electrons. The lowest BCUT2D eigenvalue weighted by Gasteiger charge is -2.09. The van der Waals surface area contributed by atoms with E-state index in [4.69, 9.17) is 5.84 Å². The summed E-state index contributed by atoms with van der Waals surface area (Å²) in [4.78, 5) is 9.67. The van der Waals surface area contributed by atoms with E-state index in [0.29, 0.717) is 0 Å². The highest BCUT2D eigenvalue weighted by Crippen LogP contribution is 2.30. The van der Waals surface area contributed by atoms with Gasteiger partial charge in [-0.05, 0) is 12.1 Å². The molecule has 0 aliphatic carbocycles. The van der Waals surface area contributed by atoms with E-state index in [1.165, 1.54) is 18.4 Å². The van der Waals surface area contributed by atoms with Crippen LogP contribution < -0.4 is 16.0 Å². The molecule has 0 aliphatic rings. The highest BCUT2D eigenvalue weighted by Gasteiger charge is 2.28. The summed E-state index contributed by atoms with van der Waals surface area (Å²) in [5.41, 5.74) is 1.33. The highest BCUT2D eigenvalue weighted by atomic mass is 32.2. The van der Waals surface area contributed by atoms with Gasteiger partial charge in [0.1, 0.15) is 5.69 Å². The van der Waals surface area contributed by atoms with Crippen molar-refractivity contribution in [2.24, 2.45) is 5.84 Å². The number of hydrogen-bond acceptors (Lipinski definition) is 7. The van der Waals surface area contributed by atoms with E-state index in [1.54, 1.807) is 0 Å². The summed E-state index contributed by atoms with van der Waals surface area (Å²) in [7, 11) is -5.26. The van der Waals surface area contributed by atoms with Crippen LogP contribution in [0.4, 0.5) is 11.4 Å². The van der Waals surface area contributed by atoms with Gasteiger partial charge in [-0.1, -0.05) is 6.07 Å². The number of nitrogens with zero attached hydrogens (tertiary/aromatic N) is 1. The number of nitrogens with one attached hydrogen (secondary N) is 2. The van der Waals surface area contributed by atoms with Crippen LogP contribution in [0.15, 0.2) is 23.1 Å². The van der Waals surface area contributed by atoms with Crippen LogP contribution in [-0.4, -0.2) is 36.1 Å². The number of hydrazine groups is 1. The molecule has 0 amide bonds. The molecule has 0 heterocycles. The Labute approximate surface area is 118 Å². The average molecular weight is 322 g/mol. The second kappa shape index (κ2) is 6.74. The largest absolute Gasteiger partial charge is 0.318 e. The van der Waals surface area contributed by atoms with Crippen LogP contribution in [-0.2, 0) is 20.8 Å². The maximum Gasteiger partial charge on any atom is 0.313 e. The van der Waals surface area contributed by atoms with Gasteiger partial charge < -0.3 is 5.43 Å². The minimum absolute atomic E-state index is 0.0805. The maximum atomic E-state index is 12.0. The first-order valence-corrected chi connectivity index (χ1v) is 8.54. The number of benzene rings is 1. The van der Waals surface area contributed by atoms with Crippen LogP contribution in [0.1, 0.15) is 0 Å². The third-order valence-corrected chi connectivity index (χ3v) is 4.58. The van der Waals surface area contributed by atoms with Gasteiger partial charge in [-0.2, -0.15) is 0 Å². The van der Waals surface area contributed by atoms with Crippen molar-refractivity contribution in [1.29, 1.82) is 0 Å². The van der Waals surface area contributed by atoms with E-state index in [-0.39, 0.29) is 18.0 Å². The Morgan fingerprint density at radius 1 is 1.45 bits per heavy atom. The van der Waals surface area contributed by atoms with Gasteiger partial charge in [-0.3, -0.25) is 20.2 Å². The minimum Gasteiger partial charge on any atom is -0.318 e. The van der Waals surface area contributed by atoms with E-state index in [1.807, 2.05) is 0 Å². The molecule has 0 fully saturated rings. The van der Waals surface area contributed by atoms with Crippen molar-refractivity contribution in [3.05, 3.63) is 28.3 Å². The van der Waals surface area contributed by atoms with Crippen LogP contribution in [0, 0.1) is 10.1 Å². The van der Waals surface area contributed by atoms with Crippen LogP contribution in [0.3, 0.4) is 0 Å². The summed E-state index contributed by atoms with van der Waals surface area (Å²) >= 11 is 0. The average Bonchev–Trinajstić information content (AvgIpc) is 2.36. The minimum atomic E-state index is -4.09. The molecule has 1 aromatic rings. The molecule has 4 N–H and O–H groups in total. The van der Waals surface area contributed by atoms with Gasteiger partial charge in [-0.15, -0.1) is 0 Å². The van der Waals surface area contributed by atoms with Gasteiger partial charge in [0, 0.05) is 29.4 Å². The van der Waals surface area contributed by atoms with E-state index in [0.717, 1.165) is 6.07 Å². The molecule has 0 aromatic heterocycles. The van der Waals surface area contributed by atoms with E-state index in [9.17, 15) is 22.7 Å². The molecule has 0 saturated carbocycles. The summed E-state index contributed by atoms with van der Waals surface area (Å²) in [5, 5.41) is 11.0. The molecule has 0 bridgehead atoms. The molecule has 0 radical (unpaired) electrons. The smallest absolute Gasteiger partial charge is 0.313 e. The van der Waals surface area contributed by atoms with Crippen LogP contribution in [0.5, 0.6) is 0 Å². The van der Waals surface area contributed by atoms with Crippen molar-refractivity contribution in [3.8, 4) is 0 Å². The fraction of sp³-hybridized carbons (Fsp3) is 0.333. The van der Waals surface area contributed by atoms with Crippen molar-refractivity contribution in [2.45, 2.75) is 4.90 Å². The van der Waals surface area contributed by atoms with Crippen LogP contribution in [0.2, 0.25) is 0 Å². The topological polar surface area (TPSA) is 144 Å². The zero-order valence-electron chi connectivity index (χ0n) is 10.5. The normalized spacial score (nSPS) is 12.9. The lowest BCUT2D eigenvalue weighted by molar-refractivity contribution is -0.386. The number of anilines is 1.